The Kier molecular flexibility index (Phi) is 10.8. The van der Waals surface area contributed by atoms with Gasteiger partial charge in [-0.05, 0) is 52.6 Å². The quantitative estimate of drug-likeness (QED) is 0.356. The summed E-state index contributed by atoms with van der Waals surface area (Å²) in [5.74, 6) is 1.71. The van der Waals surface area contributed by atoms with Gasteiger partial charge in [0.05, 0.1) is 6.54 Å². The van der Waals surface area contributed by atoms with Crippen LogP contribution in [-0.4, -0.2) is 64.8 Å². The van der Waals surface area contributed by atoms with Crippen LogP contribution >= 0.6 is 24.0 Å². The van der Waals surface area contributed by atoms with Crippen molar-refractivity contribution in [2.45, 2.75) is 69.7 Å². The first-order valence-corrected chi connectivity index (χ1v) is 10.6. The molecule has 0 aromatic heterocycles. The zero-order valence-electron chi connectivity index (χ0n) is 15.4. The molecule has 1 aliphatic carbocycles. The third-order valence-corrected chi connectivity index (χ3v) is 6.84. The third-order valence-electron chi connectivity index (χ3n) is 5.10. The smallest absolute Gasteiger partial charge is 0.191 e. The lowest BCUT2D eigenvalue weighted by Crippen LogP contribution is -2.47. The Bertz CT molecular complexity index is 421. The van der Waals surface area contributed by atoms with Gasteiger partial charge in [-0.3, -0.25) is 9.20 Å². The summed E-state index contributed by atoms with van der Waals surface area (Å²) in [7, 11) is 1.52. The SMILES string of the molecule is CCNC(=NCC1CCCN1C)NC1CCCC(S(=O)CC)C1.I. The van der Waals surface area contributed by atoms with E-state index in [2.05, 4.69) is 29.5 Å². The molecular formula is C17H35IN4OS. The number of likely N-dealkylation sites (tertiary alicyclic amines) is 1. The van der Waals surface area contributed by atoms with Gasteiger partial charge in [0.25, 0.3) is 0 Å². The Hall–Kier alpha value is 0.110. The first-order chi connectivity index (χ1) is 11.1. The number of nitrogens with one attached hydrogen (secondary N) is 2. The lowest BCUT2D eigenvalue weighted by atomic mass is 9.95. The van der Waals surface area contributed by atoms with Crippen molar-refractivity contribution in [3.63, 3.8) is 0 Å². The molecule has 1 saturated carbocycles. The van der Waals surface area contributed by atoms with Gasteiger partial charge in [0.1, 0.15) is 0 Å². The van der Waals surface area contributed by atoms with Crippen LogP contribution in [0.3, 0.4) is 0 Å². The van der Waals surface area contributed by atoms with E-state index in [0.29, 0.717) is 17.3 Å². The number of nitrogens with zero attached hydrogens (tertiary/aromatic N) is 2. The van der Waals surface area contributed by atoms with Crippen LogP contribution in [0.4, 0.5) is 0 Å². The molecule has 24 heavy (non-hydrogen) atoms. The molecule has 0 aromatic rings. The van der Waals surface area contributed by atoms with Crippen molar-refractivity contribution in [1.82, 2.24) is 15.5 Å². The molecule has 2 rings (SSSR count). The maximum atomic E-state index is 12.1. The van der Waals surface area contributed by atoms with Crippen molar-refractivity contribution >= 4 is 40.7 Å². The fourth-order valence-corrected chi connectivity index (χ4v) is 5.02. The summed E-state index contributed by atoms with van der Waals surface area (Å²) in [5, 5.41) is 7.32. The highest BCUT2D eigenvalue weighted by Crippen LogP contribution is 2.23. The summed E-state index contributed by atoms with van der Waals surface area (Å²) < 4.78 is 12.1. The molecule has 0 bridgehead atoms. The standard InChI is InChI=1S/C17H34N4OS.HI/c1-4-18-17(19-13-15-9-7-11-21(15)3)20-14-8-6-10-16(12-14)23(22)5-2;/h14-16H,4-13H2,1-3H3,(H2,18,19,20);1H. The lowest BCUT2D eigenvalue weighted by Gasteiger charge is -2.30. The first kappa shape index (κ1) is 22.2. The highest BCUT2D eigenvalue weighted by Gasteiger charge is 2.26. The van der Waals surface area contributed by atoms with E-state index in [1.807, 2.05) is 6.92 Å². The Morgan fingerprint density at radius 1 is 1.25 bits per heavy atom. The Morgan fingerprint density at radius 2 is 2.04 bits per heavy atom. The largest absolute Gasteiger partial charge is 0.357 e. The Morgan fingerprint density at radius 3 is 2.67 bits per heavy atom. The van der Waals surface area contributed by atoms with Crippen molar-refractivity contribution < 1.29 is 4.21 Å². The van der Waals surface area contributed by atoms with Crippen molar-refractivity contribution in [2.24, 2.45) is 4.99 Å². The predicted octanol–water partition coefficient (Wildman–Crippen LogP) is 2.33. The Balaban J connectivity index is 0.00000288. The van der Waals surface area contributed by atoms with E-state index in [9.17, 15) is 4.21 Å². The summed E-state index contributed by atoms with van der Waals surface area (Å²) in [6.07, 6.45) is 6.98. The van der Waals surface area contributed by atoms with Crippen LogP contribution in [0.25, 0.3) is 0 Å². The van der Waals surface area contributed by atoms with E-state index in [1.165, 1.54) is 25.8 Å². The zero-order chi connectivity index (χ0) is 16.7. The van der Waals surface area contributed by atoms with E-state index >= 15 is 0 Å². The normalized spacial score (nSPS) is 29.8. The summed E-state index contributed by atoms with van der Waals surface area (Å²) in [4.78, 5) is 7.22. The van der Waals surface area contributed by atoms with E-state index in [1.54, 1.807) is 0 Å². The molecule has 7 heteroatoms. The van der Waals surface area contributed by atoms with Crippen LogP contribution in [0.1, 0.15) is 52.4 Å². The second kappa shape index (κ2) is 11.7. The number of rotatable bonds is 6. The number of aliphatic imine (C=N–C) groups is 1. The van der Waals surface area contributed by atoms with Gasteiger partial charge in [0.15, 0.2) is 5.96 Å². The molecule has 1 saturated heterocycles. The molecule has 1 heterocycles. The van der Waals surface area contributed by atoms with Crippen molar-refractivity contribution in [3.05, 3.63) is 0 Å². The molecule has 2 fully saturated rings. The monoisotopic (exact) mass is 470 g/mol. The first-order valence-electron chi connectivity index (χ1n) is 9.26. The minimum Gasteiger partial charge on any atom is -0.357 e. The number of hydrogen-bond donors (Lipinski definition) is 2. The zero-order valence-corrected chi connectivity index (χ0v) is 18.6. The summed E-state index contributed by atoms with van der Waals surface area (Å²) in [6, 6.07) is 0.987. The number of guanidine groups is 1. The molecule has 0 amide bonds. The van der Waals surface area contributed by atoms with Gasteiger partial charge >= 0.3 is 0 Å². The average molecular weight is 470 g/mol. The lowest BCUT2D eigenvalue weighted by molar-refractivity contribution is 0.317. The second-order valence-corrected chi connectivity index (χ2v) is 8.80. The van der Waals surface area contributed by atoms with Crippen LogP contribution in [0.2, 0.25) is 0 Å². The molecule has 4 unspecified atom stereocenters. The van der Waals surface area contributed by atoms with Gasteiger partial charge in [-0.25, -0.2) is 0 Å². The summed E-state index contributed by atoms with van der Waals surface area (Å²) >= 11 is 0. The van der Waals surface area contributed by atoms with Gasteiger partial charge in [-0.2, -0.15) is 0 Å². The van der Waals surface area contributed by atoms with E-state index in [0.717, 1.165) is 44.1 Å². The molecule has 2 N–H and O–H groups in total. The fourth-order valence-electron chi connectivity index (χ4n) is 3.67. The fraction of sp³-hybridized carbons (Fsp3) is 0.941. The molecule has 0 radical (unpaired) electrons. The molecule has 1 aliphatic heterocycles. The maximum Gasteiger partial charge on any atom is 0.191 e. The number of likely N-dealkylation sites (N-methyl/N-ethyl adjacent to an activating group) is 1. The van der Waals surface area contributed by atoms with Gasteiger partial charge in [0.2, 0.25) is 0 Å². The molecular weight excluding hydrogens is 435 g/mol. The van der Waals surface area contributed by atoms with Crippen LogP contribution in [-0.2, 0) is 10.8 Å². The van der Waals surface area contributed by atoms with Crippen LogP contribution in [0.15, 0.2) is 4.99 Å². The van der Waals surface area contributed by atoms with Gasteiger partial charge < -0.3 is 15.5 Å². The minimum absolute atomic E-state index is 0. The summed E-state index contributed by atoms with van der Waals surface area (Å²) in [6.45, 7) is 7.06. The number of hydrogen-bond acceptors (Lipinski definition) is 3. The van der Waals surface area contributed by atoms with Crippen molar-refractivity contribution in [2.75, 3.05) is 32.4 Å². The van der Waals surface area contributed by atoms with Crippen LogP contribution in [0.5, 0.6) is 0 Å². The highest BCUT2D eigenvalue weighted by molar-refractivity contribution is 14.0. The van der Waals surface area contributed by atoms with E-state index < -0.39 is 10.8 Å². The van der Waals surface area contributed by atoms with Gasteiger partial charge in [0, 0.05) is 40.4 Å². The predicted molar refractivity (Wildman–Crippen MR) is 115 cm³/mol. The molecule has 142 valence electrons. The average Bonchev–Trinajstić information content (AvgIpc) is 2.97. The van der Waals surface area contributed by atoms with E-state index in [-0.39, 0.29) is 24.0 Å². The van der Waals surface area contributed by atoms with Gasteiger partial charge in [-0.15, -0.1) is 24.0 Å². The molecule has 2 aliphatic rings. The van der Waals surface area contributed by atoms with Gasteiger partial charge in [-0.1, -0.05) is 13.3 Å². The molecule has 4 atom stereocenters. The van der Waals surface area contributed by atoms with Crippen LogP contribution < -0.4 is 10.6 Å². The highest BCUT2D eigenvalue weighted by atomic mass is 127. The van der Waals surface area contributed by atoms with Crippen molar-refractivity contribution in [1.29, 1.82) is 0 Å². The minimum atomic E-state index is -0.670. The number of halogens is 1. The molecule has 0 spiro atoms. The third kappa shape index (κ3) is 6.78. The maximum absolute atomic E-state index is 12.1. The molecule has 5 nitrogen and oxygen atoms in total. The summed E-state index contributed by atoms with van der Waals surface area (Å²) in [5.41, 5.74) is 0. The van der Waals surface area contributed by atoms with Crippen molar-refractivity contribution in [3.8, 4) is 0 Å². The van der Waals surface area contributed by atoms with E-state index in [4.69, 9.17) is 4.99 Å². The topological polar surface area (TPSA) is 56.7 Å². The van der Waals surface area contributed by atoms with Crippen LogP contribution in [0, 0.1) is 0 Å². The second-order valence-electron chi connectivity index (χ2n) is 6.80. The Labute approximate surface area is 167 Å². The molecule has 0 aromatic carbocycles.